The molecule has 0 fully saturated rings. The minimum atomic E-state index is 0.832. The molecule has 0 aliphatic carbocycles. The van der Waals surface area contributed by atoms with Crippen LogP contribution in [0, 0.1) is 0 Å². The molecule has 3 heterocycles. The molecule has 96 valence electrons. The number of nitrogens with zero attached hydrogens (tertiary/aromatic N) is 4. The largest absolute Gasteiger partial charge is 0.376 e. The average molecular weight is 317 g/mol. The van der Waals surface area contributed by atoms with Crippen LogP contribution in [0.5, 0.6) is 0 Å². The summed E-state index contributed by atoms with van der Waals surface area (Å²) in [4.78, 5) is 11.0. The van der Waals surface area contributed by atoms with Gasteiger partial charge < -0.3 is 4.90 Å². The molecule has 3 rings (SSSR count). The number of hydrogen-bond acceptors (Lipinski definition) is 3. The minimum absolute atomic E-state index is 0.832. The first-order valence-electron chi connectivity index (χ1n) is 5.93. The molecule has 0 unspecified atom stereocenters. The van der Waals surface area contributed by atoms with Crippen molar-refractivity contribution in [2.24, 2.45) is 0 Å². The lowest BCUT2D eigenvalue weighted by Gasteiger charge is -2.13. The molecule has 0 N–H and O–H groups in total. The zero-order valence-corrected chi connectivity index (χ0v) is 12.3. The molecule has 3 aromatic rings. The Morgan fingerprint density at radius 1 is 1.16 bits per heavy atom. The van der Waals surface area contributed by atoms with E-state index in [1.807, 2.05) is 32.3 Å². The summed E-state index contributed by atoms with van der Waals surface area (Å²) >= 11 is 3.50. The van der Waals surface area contributed by atoms with E-state index in [1.165, 1.54) is 0 Å². The summed E-state index contributed by atoms with van der Waals surface area (Å²) in [5.74, 6) is 0.839. The Kier molecular flexibility index (Phi) is 2.98. The maximum absolute atomic E-state index is 4.56. The van der Waals surface area contributed by atoms with Crippen molar-refractivity contribution in [3.63, 3.8) is 0 Å². The Balaban J connectivity index is 2.27. The maximum atomic E-state index is 4.56. The van der Waals surface area contributed by atoms with Crippen LogP contribution in [-0.2, 0) is 0 Å². The van der Waals surface area contributed by atoms with Crippen molar-refractivity contribution in [1.29, 1.82) is 0 Å². The molecule has 0 saturated carbocycles. The highest BCUT2D eigenvalue weighted by atomic mass is 79.9. The topological polar surface area (TPSA) is 33.4 Å². The molecule has 0 atom stereocenters. The molecule has 0 radical (unpaired) electrons. The number of anilines is 1. The Bertz CT molecular complexity index is 719. The number of aromatic nitrogens is 3. The molecule has 0 aliphatic rings. The zero-order valence-electron chi connectivity index (χ0n) is 10.7. The number of pyridine rings is 2. The van der Waals surface area contributed by atoms with Crippen molar-refractivity contribution >= 4 is 27.1 Å². The van der Waals surface area contributed by atoms with Crippen molar-refractivity contribution in [2.45, 2.75) is 0 Å². The van der Waals surface area contributed by atoms with Crippen molar-refractivity contribution < 1.29 is 0 Å². The van der Waals surface area contributed by atoms with Gasteiger partial charge in [0.25, 0.3) is 0 Å². The quantitative estimate of drug-likeness (QED) is 0.728. The zero-order chi connectivity index (χ0) is 13.4. The first-order valence-corrected chi connectivity index (χ1v) is 6.72. The van der Waals surface area contributed by atoms with E-state index in [1.54, 1.807) is 6.20 Å². The van der Waals surface area contributed by atoms with Crippen LogP contribution in [0.4, 0.5) is 5.69 Å². The van der Waals surface area contributed by atoms with E-state index < -0.39 is 0 Å². The van der Waals surface area contributed by atoms with Gasteiger partial charge in [0.1, 0.15) is 10.3 Å². The minimum Gasteiger partial charge on any atom is -0.376 e. The van der Waals surface area contributed by atoms with E-state index in [9.17, 15) is 0 Å². The van der Waals surface area contributed by atoms with Gasteiger partial charge in [-0.15, -0.1) is 0 Å². The molecule has 0 spiro atoms. The number of hydrogen-bond donors (Lipinski definition) is 0. The summed E-state index contributed by atoms with van der Waals surface area (Å²) in [5.41, 5.74) is 3.01. The highest BCUT2D eigenvalue weighted by molar-refractivity contribution is 9.10. The van der Waals surface area contributed by atoms with Gasteiger partial charge in [-0.2, -0.15) is 0 Å². The standard InChI is InChI=1S/C14H13BrN4/c1-18(2)10-6-7-12-13(15)17-14(19(12)9-10)11-5-3-4-8-16-11/h3-9H,1-2H3. The van der Waals surface area contributed by atoms with Crippen molar-refractivity contribution in [3.8, 4) is 11.5 Å². The van der Waals surface area contributed by atoms with E-state index in [-0.39, 0.29) is 0 Å². The summed E-state index contributed by atoms with van der Waals surface area (Å²) in [6.45, 7) is 0. The Morgan fingerprint density at radius 3 is 2.68 bits per heavy atom. The van der Waals surface area contributed by atoms with Gasteiger partial charge in [-0.05, 0) is 40.2 Å². The fraction of sp³-hybridized carbons (Fsp3) is 0.143. The van der Waals surface area contributed by atoms with Crippen molar-refractivity contribution in [3.05, 3.63) is 47.3 Å². The van der Waals surface area contributed by atoms with Crippen molar-refractivity contribution in [1.82, 2.24) is 14.4 Å². The van der Waals surface area contributed by atoms with Crippen LogP contribution >= 0.6 is 15.9 Å². The second-order valence-corrected chi connectivity index (χ2v) is 5.23. The Hall–Kier alpha value is -1.88. The molecule has 0 aromatic carbocycles. The number of imidazole rings is 1. The molecule has 0 aliphatic heterocycles. The summed E-state index contributed by atoms with van der Waals surface area (Å²) in [5, 5.41) is 0. The normalized spacial score (nSPS) is 10.9. The molecule has 5 heteroatoms. The maximum Gasteiger partial charge on any atom is 0.164 e. The number of halogens is 1. The van der Waals surface area contributed by atoms with Crippen LogP contribution in [0.2, 0.25) is 0 Å². The third-order valence-electron chi connectivity index (χ3n) is 2.99. The predicted molar refractivity (Wildman–Crippen MR) is 80.5 cm³/mol. The lowest BCUT2D eigenvalue weighted by Crippen LogP contribution is -2.09. The third kappa shape index (κ3) is 2.10. The molecular weight excluding hydrogens is 304 g/mol. The highest BCUT2D eigenvalue weighted by Gasteiger charge is 2.12. The van der Waals surface area contributed by atoms with Crippen LogP contribution in [-0.4, -0.2) is 28.5 Å². The van der Waals surface area contributed by atoms with Gasteiger partial charge in [0.2, 0.25) is 0 Å². The summed E-state index contributed by atoms with van der Waals surface area (Å²) in [7, 11) is 4.04. The molecule has 0 bridgehead atoms. The van der Waals surface area contributed by atoms with E-state index in [0.717, 1.165) is 27.3 Å². The monoisotopic (exact) mass is 316 g/mol. The Labute approximate surface area is 119 Å². The second kappa shape index (κ2) is 4.66. The molecular formula is C14H13BrN4. The summed E-state index contributed by atoms with van der Waals surface area (Å²) in [6, 6.07) is 9.96. The first kappa shape index (κ1) is 12.2. The molecule has 0 amide bonds. The molecule has 0 saturated heterocycles. The van der Waals surface area contributed by atoms with Gasteiger partial charge in [-0.25, -0.2) is 4.98 Å². The van der Waals surface area contributed by atoms with E-state index >= 15 is 0 Å². The van der Waals surface area contributed by atoms with Crippen LogP contribution < -0.4 is 4.90 Å². The lowest BCUT2D eigenvalue weighted by atomic mass is 10.3. The molecule has 3 aromatic heterocycles. The van der Waals surface area contributed by atoms with Crippen LogP contribution in [0.25, 0.3) is 17.0 Å². The van der Waals surface area contributed by atoms with Gasteiger partial charge in [-0.1, -0.05) is 6.07 Å². The number of fused-ring (bicyclic) bond motifs is 1. The molecule has 19 heavy (non-hydrogen) atoms. The Morgan fingerprint density at radius 2 is 2.00 bits per heavy atom. The highest BCUT2D eigenvalue weighted by Crippen LogP contribution is 2.26. The van der Waals surface area contributed by atoms with Gasteiger partial charge in [0, 0.05) is 26.5 Å². The second-order valence-electron chi connectivity index (χ2n) is 4.48. The van der Waals surface area contributed by atoms with E-state index in [0.29, 0.717) is 0 Å². The van der Waals surface area contributed by atoms with E-state index in [2.05, 4.69) is 53.5 Å². The smallest absolute Gasteiger partial charge is 0.164 e. The third-order valence-corrected chi connectivity index (χ3v) is 3.57. The molecule has 4 nitrogen and oxygen atoms in total. The average Bonchev–Trinajstić information content (AvgIpc) is 2.77. The SMILES string of the molecule is CN(C)c1ccc2c(Br)nc(-c3ccccn3)n2c1. The summed E-state index contributed by atoms with van der Waals surface area (Å²) in [6.07, 6.45) is 3.84. The van der Waals surface area contributed by atoms with Crippen LogP contribution in [0.3, 0.4) is 0 Å². The van der Waals surface area contributed by atoms with Gasteiger partial charge in [0.15, 0.2) is 5.82 Å². The van der Waals surface area contributed by atoms with E-state index in [4.69, 9.17) is 0 Å². The number of rotatable bonds is 2. The summed E-state index contributed by atoms with van der Waals surface area (Å²) < 4.78 is 2.89. The first-order chi connectivity index (χ1) is 9.16. The van der Waals surface area contributed by atoms with Gasteiger partial charge in [-0.3, -0.25) is 9.38 Å². The van der Waals surface area contributed by atoms with Gasteiger partial charge >= 0.3 is 0 Å². The van der Waals surface area contributed by atoms with Gasteiger partial charge in [0.05, 0.1) is 11.2 Å². The predicted octanol–water partition coefficient (Wildman–Crippen LogP) is 3.22. The lowest BCUT2D eigenvalue weighted by molar-refractivity contribution is 1.07. The fourth-order valence-corrected chi connectivity index (χ4v) is 2.47. The fourth-order valence-electron chi connectivity index (χ4n) is 1.98. The van der Waals surface area contributed by atoms with Crippen molar-refractivity contribution in [2.75, 3.05) is 19.0 Å². The van der Waals surface area contributed by atoms with Crippen LogP contribution in [0.15, 0.2) is 47.3 Å². The van der Waals surface area contributed by atoms with Crippen LogP contribution in [0.1, 0.15) is 0 Å².